The first kappa shape index (κ1) is 30.3. The molecule has 0 saturated heterocycles. The summed E-state index contributed by atoms with van der Waals surface area (Å²) in [6.45, 7) is 0. The Morgan fingerprint density at radius 2 is 1.41 bits per heavy atom. The number of ether oxygens (including phenoxy) is 2. The number of rotatable bonds is 10. The van der Waals surface area contributed by atoms with E-state index in [2.05, 4.69) is 15.6 Å². The summed E-state index contributed by atoms with van der Waals surface area (Å²) in [7, 11) is 0. The second-order valence-electron chi connectivity index (χ2n) is 11.3. The molecule has 3 N–H and O–H groups in total. The fourth-order valence-electron chi connectivity index (χ4n) is 5.60. The maximum absolute atomic E-state index is 12.5. The molecule has 0 spiro atoms. The highest BCUT2D eigenvalue weighted by atomic mass is 16.5. The molecule has 9 heteroatoms. The number of fused-ring (bicyclic) bond motifs is 1. The predicted molar refractivity (Wildman–Crippen MR) is 175 cm³/mol. The molecule has 0 atom stereocenters. The molecule has 9 nitrogen and oxygen atoms in total. The molecule has 0 radical (unpaired) electrons. The van der Waals surface area contributed by atoms with Crippen LogP contribution in [-0.4, -0.2) is 40.0 Å². The van der Waals surface area contributed by atoms with Gasteiger partial charge in [0.1, 0.15) is 17.2 Å². The number of nitrogens with zero attached hydrogens (tertiary/aromatic N) is 1. The van der Waals surface area contributed by atoms with Gasteiger partial charge in [0.05, 0.1) is 23.8 Å². The number of para-hydroxylation sites is 1. The zero-order valence-corrected chi connectivity index (χ0v) is 25.0. The van der Waals surface area contributed by atoms with Crippen LogP contribution in [0.1, 0.15) is 52.0 Å². The monoisotopic (exact) mass is 615 g/mol. The van der Waals surface area contributed by atoms with E-state index in [1.165, 1.54) is 6.07 Å². The third-order valence-corrected chi connectivity index (χ3v) is 7.99. The Hall–Kier alpha value is -5.70. The number of nitrogens with one attached hydrogen (secondary N) is 2. The van der Waals surface area contributed by atoms with Gasteiger partial charge in [0.25, 0.3) is 5.91 Å². The number of carboxylic acid groups (broad SMARTS) is 1. The van der Waals surface area contributed by atoms with Crippen molar-refractivity contribution < 1.29 is 29.0 Å². The SMILES string of the molecule is O=C(Cc1ccc(Oc2ccc3cc(OC4CCC(NC(=O)c5ccncc5)CC4)ccc3c2)cc1)Nc1ccccc1C(=O)O. The topological polar surface area (TPSA) is 127 Å². The van der Waals surface area contributed by atoms with Gasteiger partial charge in [-0.15, -0.1) is 0 Å². The van der Waals surface area contributed by atoms with E-state index < -0.39 is 5.97 Å². The smallest absolute Gasteiger partial charge is 0.337 e. The van der Waals surface area contributed by atoms with E-state index in [1.54, 1.807) is 54.9 Å². The van der Waals surface area contributed by atoms with Crippen LogP contribution in [0.15, 0.2) is 109 Å². The second-order valence-corrected chi connectivity index (χ2v) is 11.3. The van der Waals surface area contributed by atoms with Crippen LogP contribution in [-0.2, 0) is 11.2 Å². The Balaban J connectivity index is 0.995. The number of pyridine rings is 1. The van der Waals surface area contributed by atoms with Gasteiger partial charge in [-0.3, -0.25) is 14.6 Å². The van der Waals surface area contributed by atoms with E-state index in [1.807, 2.05) is 48.5 Å². The molecule has 0 bridgehead atoms. The summed E-state index contributed by atoms with van der Waals surface area (Å²) in [6.07, 6.45) is 6.91. The normalized spacial score (nSPS) is 15.9. The molecule has 2 amide bonds. The van der Waals surface area contributed by atoms with Gasteiger partial charge in [0, 0.05) is 24.0 Å². The largest absolute Gasteiger partial charge is 0.490 e. The molecule has 46 heavy (non-hydrogen) atoms. The third-order valence-electron chi connectivity index (χ3n) is 7.99. The fraction of sp³-hybridized carbons (Fsp3) is 0.189. The lowest BCUT2D eigenvalue weighted by molar-refractivity contribution is -0.115. The number of anilines is 1. The third kappa shape index (κ3) is 7.68. The van der Waals surface area contributed by atoms with Crippen LogP contribution in [0.2, 0.25) is 0 Å². The van der Waals surface area contributed by atoms with Gasteiger partial charge in [-0.1, -0.05) is 36.4 Å². The van der Waals surface area contributed by atoms with Gasteiger partial charge < -0.3 is 25.2 Å². The highest BCUT2D eigenvalue weighted by molar-refractivity contribution is 6.01. The van der Waals surface area contributed by atoms with Gasteiger partial charge in [-0.2, -0.15) is 0 Å². The molecule has 1 heterocycles. The molecule has 1 saturated carbocycles. The van der Waals surface area contributed by atoms with E-state index in [0.717, 1.165) is 47.8 Å². The molecular weight excluding hydrogens is 582 g/mol. The predicted octanol–water partition coefficient (Wildman–Crippen LogP) is 7.03. The maximum Gasteiger partial charge on any atom is 0.337 e. The van der Waals surface area contributed by atoms with Gasteiger partial charge in [0.15, 0.2) is 0 Å². The van der Waals surface area contributed by atoms with E-state index in [0.29, 0.717) is 17.1 Å². The Morgan fingerprint density at radius 1 is 0.761 bits per heavy atom. The zero-order valence-electron chi connectivity index (χ0n) is 25.0. The quantitative estimate of drug-likeness (QED) is 0.154. The van der Waals surface area contributed by atoms with Crippen molar-refractivity contribution in [1.82, 2.24) is 10.3 Å². The van der Waals surface area contributed by atoms with Crippen molar-refractivity contribution in [2.24, 2.45) is 0 Å². The molecule has 232 valence electrons. The number of hydrogen-bond donors (Lipinski definition) is 3. The Morgan fingerprint density at radius 3 is 2.13 bits per heavy atom. The molecule has 1 aromatic heterocycles. The average molecular weight is 616 g/mol. The molecule has 1 aliphatic carbocycles. The van der Waals surface area contributed by atoms with Crippen molar-refractivity contribution in [3.63, 3.8) is 0 Å². The lowest BCUT2D eigenvalue weighted by Gasteiger charge is -2.29. The average Bonchev–Trinajstić information content (AvgIpc) is 3.07. The van der Waals surface area contributed by atoms with Crippen LogP contribution in [0.25, 0.3) is 10.8 Å². The lowest BCUT2D eigenvalue weighted by Crippen LogP contribution is -2.39. The van der Waals surface area contributed by atoms with Crippen molar-refractivity contribution in [3.05, 3.63) is 126 Å². The summed E-state index contributed by atoms with van der Waals surface area (Å²) in [6, 6.07) is 29.0. The highest BCUT2D eigenvalue weighted by Gasteiger charge is 2.24. The number of aromatic carboxylic acids is 1. The number of aromatic nitrogens is 1. The first-order chi connectivity index (χ1) is 22.4. The standard InChI is InChI=1S/C37H33N3O6/c41-35(40-34-4-2-1-3-33(34)37(43)44)21-24-5-11-29(12-6-24)45-31-13-7-27-23-32(14-8-26(27)22-31)46-30-15-9-28(10-16-30)39-36(42)25-17-19-38-20-18-25/h1-8,11-14,17-20,22-23,28,30H,9-10,15-16,21H2,(H,39,42)(H,40,41)(H,43,44). The number of hydrogen-bond acceptors (Lipinski definition) is 6. The van der Waals surface area contributed by atoms with Crippen molar-refractivity contribution in [3.8, 4) is 17.2 Å². The van der Waals surface area contributed by atoms with E-state index in [4.69, 9.17) is 9.47 Å². The second kappa shape index (κ2) is 13.9. The fourth-order valence-corrected chi connectivity index (χ4v) is 5.60. The van der Waals surface area contributed by atoms with E-state index >= 15 is 0 Å². The highest BCUT2D eigenvalue weighted by Crippen LogP contribution is 2.30. The minimum absolute atomic E-state index is 0.0438. The molecule has 1 fully saturated rings. The molecule has 1 aliphatic rings. The zero-order chi connectivity index (χ0) is 31.9. The Kier molecular flexibility index (Phi) is 9.19. The first-order valence-corrected chi connectivity index (χ1v) is 15.2. The summed E-state index contributed by atoms with van der Waals surface area (Å²) in [5.41, 5.74) is 1.70. The van der Waals surface area contributed by atoms with Gasteiger partial charge in [-0.25, -0.2) is 4.79 Å². The van der Waals surface area contributed by atoms with E-state index in [9.17, 15) is 19.5 Å². The van der Waals surface area contributed by atoms with Crippen LogP contribution in [0.4, 0.5) is 5.69 Å². The molecule has 0 unspecified atom stereocenters. The molecule has 0 aliphatic heterocycles. The van der Waals surface area contributed by atoms with Crippen LogP contribution >= 0.6 is 0 Å². The van der Waals surface area contributed by atoms with Gasteiger partial charge in [0.2, 0.25) is 5.91 Å². The lowest BCUT2D eigenvalue weighted by atomic mass is 9.92. The summed E-state index contributed by atoms with van der Waals surface area (Å²) < 4.78 is 12.4. The number of benzene rings is 4. The Bertz CT molecular complexity index is 1850. The number of carbonyl (C=O) groups is 3. The summed E-state index contributed by atoms with van der Waals surface area (Å²) in [4.78, 5) is 40.3. The van der Waals surface area contributed by atoms with Gasteiger partial charge in [-0.05, 0) is 103 Å². The van der Waals surface area contributed by atoms with Crippen molar-refractivity contribution >= 4 is 34.2 Å². The minimum atomic E-state index is -1.10. The van der Waals surface area contributed by atoms with Crippen molar-refractivity contribution in [2.45, 2.75) is 44.2 Å². The first-order valence-electron chi connectivity index (χ1n) is 15.2. The van der Waals surface area contributed by atoms with Gasteiger partial charge >= 0.3 is 5.97 Å². The van der Waals surface area contributed by atoms with Crippen LogP contribution in [0.5, 0.6) is 17.2 Å². The van der Waals surface area contributed by atoms with Crippen molar-refractivity contribution in [1.29, 1.82) is 0 Å². The molecule has 5 aromatic rings. The van der Waals surface area contributed by atoms with Crippen molar-refractivity contribution in [2.75, 3.05) is 5.32 Å². The molecule has 6 rings (SSSR count). The number of carbonyl (C=O) groups excluding carboxylic acids is 2. The van der Waals surface area contributed by atoms with Crippen LogP contribution < -0.4 is 20.1 Å². The molecular formula is C37H33N3O6. The van der Waals surface area contributed by atoms with Crippen LogP contribution in [0.3, 0.4) is 0 Å². The molecule has 4 aromatic carbocycles. The van der Waals surface area contributed by atoms with E-state index in [-0.39, 0.29) is 41.6 Å². The number of carboxylic acids is 1. The van der Waals surface area contributed by atoms with Crippen LogP contribution in [0, 0.1) is 0 Å². The number of amides is 2. The summed E-state index contributed by atoms with van der Waals surface area (Å²) >= 11 is 0. The maximum atomic E-state index is 12.5. The summed E-state index contributed by atoms with van der Waals surface area (Å²) in [5.74, 6) is 0.662. The minimum Gasteiger partial charge on any atom is -0.490 e. The summed E-state index contributed by atoms with van der Waals surface area (Å²) in [5, 5.41) is 17.2. The Labute approximate surface area is 266 Å².